The molecule has 6 rings (SSSR count). The predicted molar refractivity (Wildman–Crippen MR) is 227 cm³/mol. The first kappa shape index (κ1) is 45.3. The minimum Gasteiger partial charge on any atom is -0.463 e. The van der Waals surface area contributed by atoms with Crippen molar-refractivity contribution in [2.75, 3.05) is 17.7 Å². The van der Waals surface area contributed by atoms with Crippen LogP contribution in [0.2, 0.25) is 0 Å². The first-order chi connectivity index (χ1) is 29.4. The summed E-state index contributed by atoms with van der Waals surface area (Å²) in [5.74, 6) is -2.41. The summed E-state index contributed by atoms with van der Waals surface area (Å²) in [6.07, 6.45) is -5.85. The van der Waals surface area contributed by atoms with E-state index in [1.165, 1.54) is 20.8 Å². The Morgan fingerprint density at radius 2 is 1.36 bits per heavy atom. The molecule has 0 bridgehead atoms. The summed E-state index contributed by atoms with van der Waals surface area (Å²) < 4.78 is 42.0. The Morgan fingerprint density at radius 1 is 0.705 bits per heavy atom. The summed E-state index contributed by atoms with van der Waals surface area (Å²) >= 11 is 7.42. The number of rotatable bonds is 15. The molecule has 3 heterocycles. The molecule has 2 N–H and O–H groups in total. The van der Waals surface area contributed by atoms with Gasteiger partial charge >= 0.3 is 23.9 Å². The van der Waals surface area contributed by atoms with Gasteiger partial charge in [-0.05, 0) is 41.0 Å². The van der Waals surface area contributed by atoms with Crippen LogP contribution >= 0.6 is 24.0 Å². The normalized spacial score (nSPS) is 24.8. The summed E-state index contributed by atoms with van der Waals surface area (Å²) in [7, 11) is 0. The zero-order chi connectivity index (χ0) is 43.5. The molecular weight excluding hydrogens is 825 g/mol. The number of thioether (sulfide) groups is 1. The minimum atomic E-state index is -1.31. The highest BCUT2D eigenvalue weighted by molar-refractivity contribution is 7.99. The summed E-state index contributed by atoms with van der Waals surface area (Å²) in [6, 6.07) is 31.0. The van der Waals surface area contributed by atoms with E-state index in [0.29, 0.717) is 17.0 Å². The van der Waals surface area contributed by atoms with Crippen LogP contribution in [0, 0.1) is 0 Å². The van der Waals surface area contributed by atoms with Gasteiger partial charge in [-0.3, -0.25) is 19.2 Å². The Kier molecular flexibility index (Phi) is 16.0. The number of carbonyl (C=O) groups excluding carboxylic acids is 4. The van der Waals surface area contributed by atoms with E-state index in [9.17, 15) is 24.3 Å². The molecule has 2 aliphatic heterocycles. The number of benzene rings is 3. The van der Waals surface area contributed by atoms with Crippen LogP contribution in [-0.2, 0) is 58.9 Å². The maximum absolute atomic E-state index is 12.4. The molecule has 16 heteroatoms. The van der Waals surface area contributed by atoms with Crippen molar-refractivity contribution < 1.29 is 57.4 Å². The zero-order valence-electron chi connectivity index (χ0n) is 34.0. The van der Waals surface area contributed by atoms with Crippen LogP contribution in [0.3, 0.4) is 0 Å². The van der Waals surface area contributed by atoms with E-state index in [4.69, 9.17) is 45.4 Å². The number of nitrogens with zero attached hydrogens (tertiary/aromatic N) is 1. The Bertz CT molecular complexity index is 2130. The maximum Gasteiger partial charge on any atom is 0.303 e. The van der Waals surface area contributed by atoms with E-state index in [2.05, 4.69) is 22.4 Å². The molecule has 0 spiro atoms. The Morgan fingerprint density at radius 3 is 2.00 bits per heavy atom. The van der Waals surface area contributed by atoms with Crippen LogP contribution in [0.15, 0.2) is 108 Å². The third-order valence-electron chi connectivity index (χ3n) is 9.92. The highest BCUT2D eigenvalue weighted by Crippen LogP contribution is 2.48. The SMILES string of the molecule is CC(=O)OC[C@H]1O[C@@H](CC(=S)Nc2cccc(C3O[C@H](CSc4ccccn4)[C@@H](c4ccccc4)[C@H](c4ccc(CO)cc4)O3)c2)[C@H](OC(C)=O)[C@@H](OC(C)=O)[C@@H]1OC(C)=O. The summed E-state index contributed by atoms with van der Waals surface area (Å²) in [4.78, 5) is 53.4. The standard InChI is InChI=1S/C45H48N2O12S2/c1-26(49)53-24-36-43(55-28(3)51)44(56-29(4)52)42(54-27(2)50)35(57-36)22-38(60)47-34-14-10-13-33(21-34)45-58-37(25-61-39-15-8-9-20-46-39)40(31-11-6-5-7-12-31)41(59-45)32-18-16-30(23-48)17-19-32/h5-21,35-37,40-45,48H,22-25H2,1-4H3,(H,47,60)/t35-,36+,37+,40+,41-,42-,43+,44+,45?/m0/s1. The van der Waals surface area contributed by atoms with E-state index in [-0.39, 0.29) is 36.6 Å². The van der Waals surface area contributed by atoms with Gasteiger partial charge in [0, 0.05) is 63.2 Å². The lowest BCUT2D eigenvalue weighted by molar-refractivity contribution is -0.255. The van der Waals surface area contributed by atoms with Crippen molar-refractivity contribution in [1.82, 2.24) is 4.98 Å². The van der Waals surface area contributed by atoms with Crippen molar-refractivity contribution >= 4 is 58.5 Å². The highest BCUT2D eigenvalue weighted by Gasteiger charge is 2.52. The highest BCUT2D eigenvalue weighted by atomic mass is 32.2. The van der Waals surface area contributed by atoms with Gasteiger partial charge in [0.2, 0.25) is 0 Å². The molecule has 2 fully saturated rings. The fourth-order valence-corrected chi connectivity index (χ4v) is 8.60. The van der Waals surface area contributed by atoms with Crippen LogP contribution in [0.25, 0.3) is 0 Å². The Balaban J connectivity index is 1.27. The molecule has 2 aliphatic rings. The fraction of sp³-hybridized carbons (Fsp3) is 0.378. The summed E-state index contributed by atoms with van der Waals surface area (Å²) in [6.45, 7) is 4.29. The molecule has 3 aromatic carbocycles. The van der Waals surface area contributed by atoms with E-state index >= 15 is 0 Å². The van der Waals surface area contributed by atoms with Gasteiger partial charge in [0.05, 0.1) is 28.8 Å². The number of aromatic nitrogens is 1. The second-order valence-electron chi connectivity index (χ2n) is 14.5. The number of aliphatic hydroxyl groups excluding tert-OH is 1. The number of thiocarbonyl (C=S) groups is 1. The van der Waals surface area contributed by atoms with Crippen LogP contribution in [0.4, 0.5) is 5.69 Å². The number of carbonyl (C=O) groups is 4. The van der Waals surface area contributed by atoms with Crippen molar-refractivity contribution in [3.8, 4) is 0 Å². The van der Waals surface area contributed by atoms with Crippen LogP contribution in [-0.4, -0.2) is 87.9 Å². The molecule has 4 aromatic rings. The lowest BCUT2D eigenvalue weighted by Gasteiger charge is -2.44. The molecule has 0 amide bonds. The molecule has 1 aromatic heterocycles. The molecule has 0 radical (unpaired) electrons. The number of esters is 4. The lowest BCUT2D eigenvalue weighted by atomic mass is 9.84. The number of pyridine rings is 1. The monoisotopic (exact) mass is 872 g/mol. The molecule has 2 saturated heterocycles. The number of aliphatic hydroxyl groups is 1. The second kappa shape index (κ2) is 21.5. The predicted octanol–water partition coefficient (Wildman–Crippen LogP) is 6.56. The van der Waals surface area contributed by atoms with Gasteiger partial charge in [-0.25, -0.2) is 4.98 Å². The molecule has 9 atom stereocenters. The number of hydrogen-bond acceptors (Lipinski definition) is 15. The molecule has 14 nitrogen and oxygen atoms in total. The van der Waals surface area contributed by atoms with Crippen LogP contribution < -0.4 is 5.32 Å². The average Bonchev–Trinajstić information content (AvgIpc) is 3.24. The van der Waals surface area contributed by atoms with Gasteiger partial charge in [0.1, 0.15) is 18.8 Å². The smallest absolute Gasteiger partial charge is 0.303 e. The van der Waals surface area contributed by atoms with E-state index in [0.717, 1.165) is 28.6 Å². The Labute approximate surface area is 363 Å². The van der Waals surface area contributed by atoms with Gasteiger partial charge < -0.3 is 43.6 Å². The van der Waals surface area contributed by atoms with Crippen LogP contribution in [0.1, 0.15) is 74.7 Å². The summed E-state index contributed by atoms with van der Waals surface area (Å²) in [5.41, 5.74) is 4.05. The van der Waals surface area contributed by atoms with Crippen molar-refractivity contribution in [1.29, 1.82) is 0 Å². The van der Waals surface area contributed by atoms with E-state index in [1.807, 2.05) is 84.9 Å². The van der Waals surface area contributed by atoms with E-state index < -0.39 is 66.8 Å². The van der Waals surface area contributed by atoms with Crippen molar-refractivity contribution in [2.45, 2.75) is 101 Å². The first-order valence-corrected chi connectivity index (χ1v) is 21.1. The number of nitrogens with one attached hydrogen (secondary N) is 1. The average molecular weight is 873 g/mol. The third-order valence-corrected chi connectivity index (χ3v) is 11.2. The van der Waals surface area contributed by atoms with Gasteiger partial charge in [-0.2, -0.15) is 0 Å². The maximum atomic E-state index is 12.4. The molecular formula is C45H48N2O12S2. The van der Waals surface area contributed by atoms with Crippen molar-refractivity contribution in [3.05, 3.63) is 126 Å². The lowest BCUT2D eigenvalue weighted by Crippen LogP contribution is -2.62. The molecule has 61 heavy (non-hydrogen) atoms. The van der Waals surface area contributed by atoms with Gasteiger partial charge in [0.25, 0.3) is 0 Å². The minimum absolute atomic E-state index is 0.0491. The zero-order valence-corrected chi connectivity index (χ0v) is 35.7. The molecule has 1 unspecified atom stereocenters. The van der Waals surface area contributed by atoms with Crippen LogP contribution in [0.5, 0.6) is 0 Å². The Hall–Kier alpha value is -5.23. The number of ether oxygens (including phenoxy) is 7. The number of anilines is 1. The van der Waals surface area contributed by atoms with Crippen molar-refractivity contribution in [2.24, 2.45) is 0 Å². The van der Waals surface area contributed by atoms with Crippen molar-refractivity contribution in [3.63, 3.8) is 0 Å². The topological polar surface area (TPSA) is 178 Å². The van der Waals surface area contributed by atoms with Gasteiger partial charge in [-0.15, -0.1) is 11.8 Å². The fourth-order valence-electron chi connectivity index (χ4n) is 7.39. The largest absolute Gasteiger partial charge is 0.463 e. The quantitative estimate of drug-likeness (QED) is 0.0568. The molecule has 0 aliphatic carbocycles. The molecule has 0 saturated carbocycles. The second-order valence-corrected chi connectivity index (χ2v) is 16.0. The van der Waals surface area contributed by atoms with Gasteiger partial charge in [-0.1, -0.05) is 85.0 Å². The third kappa shape index (κ3) is 12.4. The summed E-state index contributed by atoms with van der Waals surface area (Å²) in [5, 5.41) is 13.9. The van der Waals surface area contributed by atoms with E-state index in [1.54, 1.807) is 18.0 Å². The molecule has 322 valence electrons. The van der Waals surface area contributed by atoms with Gasteiger partial charge in [0.15, 0.2) is 24.6 Å². The first-order valence-electron chi connectivity index (χ1n) is 19.7. The number of hydrogen-bond donors (Lipinski definition) is 2.